The standard InChI is InChI=1S/C17H14N8O2S/c1-7-5-8(2)19-17-10(7)11-14(28-17)16-20-15(22-24(16)6-18-11)12-13(25(26)27)9(3)23(4)21-12/h5-6H,1-4H3. The van der Waals surface area contributed by atoms with E-state index < -0.39 is 4.92 Å². The average molecular weight is 394 g/mol. The van der Waals surface area contributed by atoms with E-state index in [1.54, 1.807) is 20.3 Å². The first kappa shape index (κ1) is 16.7. The lowest BCUT2D eigenvalue weighted by Gasteiger charge is -1.98. The molecule has 5 aromatic heterocycles. The number of nitrogens with zero attached hydrogens (tertiary/aromatic N) is 8. The van der Waals surface area contributed by atoms with E-state index >= 15 is 0 Å². The van der Waals surface area contributed by atoms with Crippen LogP contribution < -0.4 is 0 Å². The quantitative estimate of drug-likeness (QED) is 0.333. The Kier molecular flexibility index (Phi) is 3.29. The molecule has 0 saturated heterocycles. The van der Waals surface area contributed by atoms with E-state index in [9.17, 15) is 10.1 Å². The second-order valence-corrected chi connectivity index (χ2v) is 7.65. The lowest BCUT2D eigenvalue weighted by Crippen LogP contribution is -1.94. The predicted molar refractivity (Wildman–Crippen MR) is 105 cm³/mol. The van der Waals surface area contributed by atoms with Crippen molar-refractivity contribution < 1.29 is 4.92 Å². The molecule has 5 rings (SSSR count). The molecule has 0 aromatic carbocycles. The molecule has 5 heterocycles. The maximum absolute atomic E-state index is 11.5. The van der Waals surface area contributed by atoms with E-state index in [1.807, 2.05) is 19.9 Å². The van der Waals surface area contributed by atoms with Crippen LogP contribution >= 0.6 is 11.3 Å². The molecule has 0 aliphatic carbocycles. The van der Waals surface area contributed by atoms with Gasteiger partial charge in [0.1, 0.15) is 21.6 Å². The SMILES string of the molecule is Cc1cc(C)c2c(n1)sc1c2ncn2nc(-c3nn(C)c(C)c3[N+](=O)[O-])nc12. The molecule has 0 N–H and O–H groups in total. The predicted octanol–water partition coefficient (Wildman–Crippen LogP) is 3.12. The molecule has 0 radical (unpaired) electrons. The van der Waals surface area contributed by atoms with Gasteiger partial charge < -0.3 is 0 Å². The molecule has 0 aliphatic rings. The Bertz CT molecular complexity index is 1440. The molecule has 0 saturated carbocycles. The number of fused-ring (bicyclic) bond motifs is 5. The van der Waals surface area contributed by atoms with Crippen LogP contribution in [0.4, 0.5) is 5.69 Å². The fourth-order valence-electron chi connectivity index (χ4n) is 3.44. The van der Waals surface area contributed by atoms with E-state index in [2.05, 4.69) is 25.1 Å². The van der Waals surface area contributed by atoms with Crippen LogP contribution in [0.2, 0.25) is 0 Å². The van der Waals surface area contributed by atoms with Gasteiger partial charge in [0.15, 0.2) is 5.65 Å². The summed E-state index contributed by atoms with van der Waals surface area (Å²) in [5, 5.41) is 21.2. The number of thiophene rings is 1. The van der Waals surface area contributed by atoms with Crippen molar-refractivity contribution in [2.24, 2.45) is 7.05 Å². The number of hydrogen-bond donors (Lipinski definition) is 0. The van der Waals surface area contributed by atoms with Crippen molar-refractivity contribution in [2.75, 3.05) is 0 Å². The minimum absolute atomic E-state index is 0.0907. The van der Waals surface area contributed by atoms with Crippen LogP contribution in [-0.2, 0) is 7.05 Å². The van der Waals surface area contributed by atoms with E-state index in [0.717, 1.165) is 31.7 Å². The highest BCUT2D eigenvalue weighted by atomic mass is 32.1. The first-order valence-corrected chi connectivity index (χ1v) is 9.27. The minimum Gasteiger partial charge on any atom is -0.265 e. The van der Waals surface area contributed by atoms with Crippen LogP contribution in [0.5, 0.6) is 0 Å². The van der Waals surface area contributed by atoms with Gasteiger partial charge >= 0.3 is 5.69 Å². The molecule has 28 heavy (non-hydrogen) atoms. The van der Waals surface area contributed by atoms with Crippen LogP contribution in [0.1, 0.15) is 17.0 Å². The highest BCUT2D eigenvalue weighted by molar-refractivity contribution is 7.26. The third-order valence-corrected chi connectivity index (χ3v) is 5.86. The van der Waals surface area contributed by atoms with Crippen molar-refractivity contribution in [2.45, 2.75) is 20.8 Å². The Labute approximate surface area is 161 Å². The monoisotopic (exact) mass is 394 g/mol. The van der Waals surface area contributed by atoms with Crippen molar-refractivity contribution in [3.8, 4) is 11.5 Å². The highest BCUT2D eigenvalue weighted by Crippen LogP contribution is 2.36. The van der Waals surface area contributed by atoms with Crippen LogP contribution in [0.15, 0.2) is 12.4 Å². The molecule has 0 bridgehead atoms. The molecule has 0 aliphatic heterocycles. The summed E-state index contributed by atoms with van der Waals surface area (Å²) in [4.78, 5) is 25.7. The van der Waals surface area contributed by atoms with Gasteiger partial charge in [-0.1, -0.05) is 0 Å². The van der Waals surface area contributed by atoms with Gasteiger partial charge in [-0.25, -0.2) is 19.5 Å². The Morgan fingerprint density at radius 2 is 1.96 bits per heavy atom. The van der Waals surface area contributed by atoms with Gasteiger partial charge in [-0.2, -0.15) is 5.10 Å². The van der Waals surface area contributed by atoms with Crippen molar-refractivity contribution in [1.29, 1.82) is 0 Å². The van der Waals surface area contributed by atoms with Gasteiger partial charge in [-0.05, 0) is 32.4 Å². The Morgan fingerprint density at radius 3 is 2.71 bits per heavy atom. The molecule has 0 fully saturated rings. The highest BCUT2D eigenvalue weighted by Gasteiger charge is 2.28. The summed E-state index contributed by atoms with van der Waals surface area (Å²) in [5.41, 5.74) is 3.93. The molecule has 11 heteroatoms. The maximum atomic E-state index is 11.5. The zero-order valence-electron chi connectivity index (χ0n) is 15.5. The minimum atomic E-state index is -0.452. The molecule has 0 amide bonds. The number of nitro groups is 1. The summed E-state index contributed by atoms with van der Waals surface area (Å²) in [5.74, 6) is 0.197. The largest absolute Gasteiger partial charge is 0.321 e. The summed E-state index contributed by atoms with van der Waals surface area (Å²) >= 11 is 1.49. The van der Waals surface area contributed by atoms with Gasteiger partial charge in [-0.15, -0.1) is 16.4 Å². The van der Waals surface area contributed by atoms with Crippen molar-refractivity contribution >= 4 is 43.1 Å². The van der Waals surface area contributed by atoms with E-state index in [-0.39, 0.29) is 17.2 Å². The van der Waals surface area contributed by atoms with Crippen LogP contribution in [0.3, 0.4) is 0 Å². The number of pyridine rings is 1. The van der Waals surface area contributed by atoms with Crippen LogP contribution in [0, 0.1) is 30.9 Å². The zero-order valence-corrected chi connectivity index (χ0v) is 16.3. The third-order valence-electron chi connectivity index (χ3n) is 4.79. The molecule has 0 spiro atoms. The molecule has 10 nitrogen and oxygen atoms in total. The van der Waals surface area contributed by atoms with Gasteiger partial charge in [0.05, 0.1) is 10.4 Å². The first-order chi connectivity index (χ1) is 13.3. The number of aryl methyl sites for hydroxylation is 3. The van der Waals surface area contributed by atoms with Gasteiger partial charge in [0, 0.05) is 18.1 Å². The first-order valence-electron chi connectivity index (χ1n) is 8.45. The molecule has 0 atom stereocenters. The van der Waals surface area contributed by atoms with E-state index in [1.165, 1.54) is 20.5 Å². The average Bonchev–Trinajstić information content (AvgIpc) is 3.27. The Hall–Kier alpha value is -3.47. The fourth-order valence-corrected chi connectivity index (χ4v) is 4.66. The normalized spacial score (nSPS) is 11.9. The van der Waals surface area contributed by atoms with Gasteiger partial charge in [0.25, 0.3) is 0 Å². The molecular weight excluding hydrogens is 380 g/mol. The van der Waals surface area contributed by atoms with Crippen LogP contribution in [-0.4, -0.2) is 39.3 Å². The summed E-state index contributed by atoms with van der Waals surface area (Å²) < 4.78 is 3.83. The number of rotatable bonds is 2. The van der Waals surface area contributed by atoms with Gasteiger partial charge in [0.2, 0.25) is 11.5 Å². The summed E-state index contributed by atoms with van der Waals surface area (Å²) in [6, 6.07) is 2.02. The zero-order chi connectivity index (χ0) is 19.7. The smallest absolute Gasteiger partial charge is 0.265 e. The topological polar surface area (TPSA) is 117 Å². The second kappa shape index (κ2) is 5.52. The molecule has 140 valence electrons. The number of hydrogen-bond acceptors (Lipinski definition) is 8. The summed E-state index contributed by atoms with van der Waals surface area (Å²) in [6.07, 6.45) is 1.57. The molecule has 5 aromatic rings. The van der Waals surface area contributed by atoms with Gasteiger partial charge in [-0.3, -0.25) is 14.8 Å². The molecule has 0 unspecified atom stereocenters. The fraction of sp³-hybridized carbons (Fsp3) is 0.235. The van der Waals surface area contributed by atoms with Crippen molar-refractivity contribution in [3.63, 3.8) is 0 Å². The maximum Gasteiger partial charge on any atom is 0.321 e. The Morgan fingerprint density at radius 1 is 1.18 bits per heavy atom. The van der Waals surface area contributed by atoms with E-state index in [0.29, 0.717) is 11.3 Å². The lowest BCUT2D eigenvalue weighted by atomic mass is 10.1. The third kappa shape index (κ3) is 2.16. The van der Waals surface area contributed by atoms with Crippen LogP contribution in [0.25, 0.3) is 37.6 Å². The van der Waals surface area contributed by atoms with Crippen molar-refractivity contribution in [1.82, 2.24) is 34.3 Å². The summed E-state index contributed by atoms with van der Waals surface area (Å²) in [6.45, 7) is 5.63. The van der Waals surface area contributed by atoms with Crippen molar-refractivity contribution in [3.05, 3.63) is 39.5 Å². The lowest BCUT2D eigenvalue weighted by molar-refractivity contribution is -0.384. The Balaban J connectivity index is 1.83. The molecular formula is C17H14N8O2S. The van der Waals surface area contributed by atoms with E-state index in [4.69, 9.17) is 0 Å². The number of aromatic nitrogens is 7. The second-order valence-electron chi connectivity index (χ2n) is 6.65. The summed E-state index contributed by atoms with van der Waals surface area (Å²) in [7, 11) is 1.66.